The molecule has 0 aromatic carbocycles. The molecule has 0 radical (unpaired) electrons. The molecule has 0 amide bonds. The predicted molar refractivity (Wildman–Crippen MR) is 51.2 cm³/mol. The fraction of sp³-hybridized carbons (Fsp3) is 1.00. The van der Waals surface area contributed by atoms with Crippen LogP contribution in [0.4, 0.5) is 0 Å². The topological polar surface area (TPSA) is 15.3 Å². The molecule has 2 saturated heterocycles. The van der Waals surface area contributed by atoms with Gasteiger partial charge < -0.3 is 10.2 Å². The van der Waals surface area contributed by atoms with Gasteiger partial charge in [-0.1, -0.05) is 6.92 Å². The molecule has 0 bridgehead atoms. The van der Waals surface area contributed by atoms with E-state index in [1.165, 1.54) is 39.0 Å². The van der Waals surface area contributed by atoms with Crippen molar-refractivity contribution in [3.8, 4) is 0 Å². The zero-order valence-electron chi connectivity index (χ0n) is 8.27. The van der Waals surface area contributed by atoms with E-state index in [9.17, 15) is 0 Å². The summed E-state index contributed by atoms with van der Waals surface area (Å²) in [6.07, 6.45) is 2.72. The van der Waals surface area contributed by atoms with E-state index in [0.717, 1.165) is 5.92 Å². The van der Waals surface area contributed by atoms with Gasteiger partial charge in [-0.25, -0.2) is 0 Å². The summed E-state index contributed by atoms with van der Waals surface area (Å²) in [5.41, 5.74) is 0.431. The molecule has 0 aromatic heterocycles. The first-order chi connectivity index (χ1) is 5.68. The molecule has 2 fully saturated rings. The van der Waals surface area contributed by atoms with Gasteiger partial charge in [0.05, 0.1) is 0 Å². The Hall–Kier alpha value is -0.0800. The number of rotatable bonds is 2. The number of hydrogen-bond donors (Lipinski definition) is 1. The Morgan fingerprint density at radius 1 is 1.50 bits per heavy atom. The Kier molecular flexibility index (Phi) is 2.13. The lowest BCUT2D eigenvalue weighted by Crippen LogP contribution is -2.55. The Morgan fingerprint density at radius 2 is 2.25 bits per heavy atom. The molecule has 2 aliphatic heterocycles. The minimum absolute atomic E-state index is 0.431. The van der Waals surface area contributed by atoms with Gasteiger partial charge in [-0.15, -0.1) is 0 Å². The summed E-state index contributed by atoms with van der Waals surface area (Å²) < 4.78 is 0. The van der Waals surface area contributed by atoms with Crippen LogP contribution in [-0.2, 0) is 0 Å². The van der Waals surface area contributed by atoms with Crippen molar-refractivity contribution in [2.75, 3.05) is 26.2 Å². The predicted octanol–water partition coefficient (Wildman–Crippen LogP) is 1.08. The lowest BCUT2D eigenvalue weighted by atomic mass is 9.95. The third kappa shape index (κ3) is 1.64. The fourth-order valence-corrected chi connectivity index (χ4v) is 2.54. The first kappa shape index (κ1) is 8.52. The molecule has 2 heterocycles. The van der Waals surface area contributed by atoms with Crippen LogP contribution in [0, 0.1) is 5.92 Å². The molecule has 2 rings (SSSR count). The number of likely N-dealkylation sites (tertiary alicyclic amines) is 1. The minimum atomic E-state index is 0.431. The van der Waals surface area contributed by atoms with Crippen molar-refractivity contribution in [2.24, 2.45) is 5.92 Å². The summed E-state index contributed by atoms with van der Waals surface area (Å²) in [6, 6.07) is 0. The van der Waals surface area contributed by atoms with Gasteiger partial charge in [0.25, 0.3) is 0 Å². The van der Waals surface area contributed by atoms with Gasteiger partial charge in [0.15, 0.2) is 0 Å². The van der Waals surface area contributed by atoms with Gasteiger partial charge in [0.2, 0.25) is 0 Å². The molecular weight excluding hydrogens is 148 g/mol. The van der Waals surface area contributed by atoms with E-state index in [1.807, 2.05) is 0 Å². The summed E-state index contributed by atoms with van der Waals surface area (Å²) in [6.45, 7) is 9.82. The molecule has 70 valence electrons. The minimum Gasteiger partial charge on any atom is -0.310 e. The molecular formula is C10H20N2. The molecule has 0 aromatic rings. The second kappa shape index (κ2) is 3.00. The van der Waals surface area contributed by atoms with E-state index in [4.69, 9.17) is 0 Å². The van der Waals surface area contributed by atoms with Crippen molar-refractivity contribution in [1.82, 2.24) is 10.2 Å². The zero-order valence-corrected chi connectivity index (χ0v) is 8.27. The maximum absolute atomic E-state index is 3.61. The Balaban J connectivity index is 1.78. The average molecular weight is 168 g/mol. The van der Waals surface area contributed by atoms with Crippen molar-refractivity contribution in [3.63, 3.8) is 0 Å². The van der Waals surface area contributed by atoms with E-state index in [0.29, 0.717) is 5.54 Å². The van der Waals surface area contributed by atoms with Crippen LogP contribution in [0.15, 0.2) is 0 Å². The first-order valence-corrected chi connectivity index (χ1v) is 5.15. The quantitative estimate of drug-likeness (QED) is 0.664. The van der Waals surface area contributed by atoms with Gasteiger partial charge in [-0.3, -0.25) is 0 Å². The van der Waals surface area contributed by atoms with Crippen molar-refractivity contribution in [1.29, 1.82) is 0 Å². The van der Waals surface area contributed by atoms with Crippen LogP contribution in [0.25, 0.3) is 0 Å². The lowest BCUT2D eigenvalue weighted by molar-refractivity contribution is 0.0819. The highest BCUT2D eigenvalue weighted by Crippen LogP contribution is 2.23. The molecule has 0 aliphatic carbocycles. The smallest absolute Gasteiger partial charge is 0.0280 e. The van der Waals surface area contributed by atoms with E-state index in [1.54, 1.807) is 0 Å². The molecule has 2 nitrogen and oxygen atoms in total. The second-order valence-corrected chi connectivity index (χ2v) is 4.89. The van der Waals surface area contributed by atoms with E-state index < -0.39 is 0 Å². The molecule has 1 N–H and O–H groups in total. The summed E-state index contributed by atoms with van der Waals surface area (Å²) >= 11 is 0. The maximum atomic E-state index is 3.61. The average Bonchev–Trinajstić information content (AvgIpc) is 2.33. The van der Waals surface area contributed by atoms with Crippen molar-refractivity contribution < 1.29 is 0 Å². The van der Waals surface area contributed by atoms with Crippen LogP contribution in [0.5, 0.6) is 0 Å². The molecule has 2 aliphatic rings. The number of hydrogen-bond acceptors (Lipinski definition) is 2. The zero-order chi connectivity index (χ0) is 8.60. The Labute approximate surface area is 75.3 Å². The van der Waals surface area contributed by atoms with Gasteiger partial charge in [0.1, 0.15) is 0 Å². The van der Waals surface area contributed by atoms with Crippen LogP contribution in [0.3, 0.4) is 0 Å². The molecule has 1 atom stereocenters. The summed E-state index contributed by atoms with van der Waals surface area (Å²) in [7, 11) is 0. The van der Waals surface area contributed by atoms with Crippen molar-refractivity contribution >= 4 is 0 Å². The fourth-order valence-electron chi connectivity index (χ4n) is 2.54. The third-order valence-corrected chi connectivity index (χ3v) is 3.17. The molecule has 2 heteroatoms. The highest BCUT2D eigenvalue weighted by atomic mass is 15.2. The standard InChI is InChI=1S/C10H20N2/c1-9-6-12(7-9)8-10(2)4-3-5-11-10/h9,11H,3-8H2,1-2H3. The summed E-state index contributed by atoms with van der Waals surface area (Å²) in [4.78, 5) is 2.57. The monoisotopic (exact) mass is 168 g/mol. The van der Waals surface area contributed by atoms with E-state index in [-0.39, 0.29) is 0 Å². The van der Waals surface area contributed by atoms with Gasteiger partial charge in [-0.2, -0.15) is 0 Å². The normalized spacial score (nSPS) is 38.5. The van der Waals surface area contributed by atoms with Crippen LogP contribution in [-0.4, -0.2) is 36.6 Å². The van der Waals surface area contributed by atoms with E-state index in [2.05, 4.69) is 24.1 Å². The van der Waals surface area contributed by atoms with Crippen LogP contribution >= 0.6 is 0 Å². The van der Waals surface area contributed by atoms with Crippen molar-refractivity contribution in [2.45, 2.75) is 32.2 Å². The van der Waals surface area contributed by atoms with Gasteiger partial charge in [0, 0.05) is 25.2 Å². The first-order valence-electron chi connectivity index (χ1n) is 5.15. The van der Waals surface area contributed by atoms with Crippen LogP contribution < -0.4 is 5.32 Å². The Morgan fingerprint density at radius 3 is 2.75 bits per heavy atom. The third-order valence-electron chi connectivity index (χ3n) is 3.17. The number of nitrogens with one attached hydrogen (secondary N) is 1. The number of nitrogens with zero attached hydrogens (tertiary/aromatic N) is 1. The van der Waals surface area contributed by atoms with Crippen LogP contribution in [0.2, 0.25) is 0 Å². The van der Waals surface area contributed by atoms with E-state index >= 15 is 0 Å². The van der Waals surface area contributed by atoms with Crippen molar-refractivity contribution in [3.05, 3.63) is 0 Å². The SMILES string of the molecule is CC1CN(CC2(C)CCCN2)C1. The second-order valence-electron chi connectivity index (χ2n) is 4.89. The molecule has 0 saturated carbocycles. The molecule has 0 spiro atoms. The van der Waals surface area contributed by atoms with Gasteiger partial charge in [-0.05, 0) is 32.2 Å². The van der Waals surface area contributed by atoms with Crippen LogP contribution in [0.1, 0.15) is 26.7 Å². The summed E-state index contributed by atoms with van der Waals surface area (Å²) in [5, 5.41) is 3.61. The highest BCUT2D eigenvalue weighted by molar-refractivity contribution is 4.93. The maximum Gasteiger partial charge on any atom is 0.0280 e. The largest absolute Gasteiger partial charge is 0.310 e. The Bertz CT molecular complexity index is 155. The lowest BCUT2D eigenvalue weighted by Gasteiger charge is -2.42. The molecule has 12 heavy (non-hydrogen) atoms. The highest BCUT2D eigenvalue weighted by Gasteiger charge is 2.33. The van der Waals surface area contributed by atoms with Gasteiger partial charge >= 0.3 is 0 Å². The summed E-state index contributed by atoms with van der Waals surface area (Å²) in [5.74, 6) is 0.940. The molecule has 1 unspecified atom stereocenters.